The number of nitrogens with one attached hydrogen (secondary N) is 1. The van der Waals surface area contributed by atoms with E-state index in [-0.39, 0.29) is 23.6 Å². The second kappa shape index (κ2) is 6.96. The Balaban J connectivity index is 1.64. The Hall–Kier alpha value is -2.60. The highest BCUT2D eigenvalue weighted by atomic mass is 16.3. The van der Waals surface area contributed by atoms with Crippen molar-refractivity contribution in [2.24, 2.45) is 0 Å². The molecule has 2 atom stereocenters. The van der Waals surface area contributed by atoms with Gasteiger partial charge in [0.25, 0.3) is 5.91 Å². The van der Waals surface area contributed by atoms with E-state index in [0.29, 0.717) is 13.0 Å². The third-order valence-corrected chi connectivity index (χ3v) is 5.46. The van der Waals surface area contributed by atoms with Crippen LogP contribution < -0.4 is 5.32 Å². The zero-order valence-corrected chi connectivity index (χ0v) is 14.9. The first kappa shape index (κ1) is 16.8. The highest BCUT2D eigenvalue weighted by Gasteiger charge is 2.38. The summed E-state index contributed by atoms with van der Waals surface area (Å²) in [5.41, 5.74) is 2.22. The molecule has 3 heterocycles. The minimum Gasteiger partial charge on any atom is -0.459 e. The van der Waals surface area contributed by atoms with E-state index in [1.807, 2.05) is 31.3 Å². The van der Waals surface area contributed by atoms with Gasteiger partial charge < -0.3 is 19.5 Å². The summed E-state index contributed by atoms with van der Waals surface area (Å²) >= 11 is 0. The molecule has 136 valence electrons. The van der Waals surface area contributed by atoms with Gasteiger partial charge in [-0.1, -0.05) is 24.3 Å². The molecule has 0 saturated carbocycles. The van der Waals surface area contributed by atoms with Gasteiger partial charge in [0.15, 0.2) is 5.76 Å². The molecule has 6 nitrogen and oxygen atoms in total. The van der Waals surface area contributed by atoms with E-state index in [1.54, 1.807) is 21.9 Å². The lowest BCUT2D eigenvalue weighted by atomic mass is 9.92. The van der Waals surface area contributed by atoms with Crippen LogP contribution in [0.1, 0.15) is 28.1 Å². The fraction of sp³-hybridized carbons (Fsp3) is 0.400. The van der Waals surface area contributed by atoms with E-state index in [9.17, 15) is 9.59 Å². The highest BCUT2D eigenvalue weighted by Crippen LogP contribution is 2.27. The maximum Gasteiger partial charge on any atom is 0.290 e. The molecule has 1 fully saturated rings. The molecule has 2 amide bonds. The van der Waals surface area contributed by atoms with Crippen molar-refractivity contribution in [3.63, 3.8) is 0 Å². The Morgan fingerprint density at radius 2 is 2.00 bits per heavy atom. The normalized spacial score (nSPS) is 22.1. The Morgan fingerprint density at radius 3 is 2.69 bits per heavy atom. The van der Waals surface area contributed by atoms with Gasteiger partial charge >= 0.3 is 0 Å². The van der Waals surface area contributed by atoms with Crippen LogP contribution in [-0.4, -0.2) is 53.8 Å². The van der Waals surface area contributed by atoms with Gasteiger partial charge in [-0.15, -0.1) is 0 Å². The lowest BCUT2D eigenvalue weighted by Gasteiger charge is -2.38. The highest BCUT2D eigenvalue weighted by molar-refractivity contribution is 5.96. The van der Waals surface area contributed by atoms with Gasteiger partial charge in [0.1, 0.15) is 6.04 Å². The van der Waals surface area contributed by atoms with Crippen LogP contribution in [0.5, 0.6) is 0 Å². The molecule has 2 unspecified atom stereocenters. The topological polar surface area (TPSA) is 65.8 Å². The summed E-state index contributed by atoms with van der Waals surface area (Å²) in [6.07, 6.45) is 2.96. The number of nitrogens with zero attached hydrogens (tertiary/aromatic N) is 2. The van der Waals surface area contributed by atoms with Crippen molar-refractivity contribution >= 4 is 11.8 Å². The number of carbonyl (C=O) groups excluding carboxylic acids is 2. The number of hydrogen-bond acceptors (Lipinski definition) is 4. The molecule has 2 aliphatic rings. The fourth-order valence-electron chi connectivity index (χ4n) is 3.88. The van der Waals surface area contributed by atoms with Crippen LogP contribution in [0.25, 0.3) is 0 Å². The quantitative estimate of drug-likeness (QED) is 0.912. The summed E-state index contributed by atoms with van der Waals surface area (Å²) in [5.74, 6) is 0.0290. The van der Waals surface area contributed by atoms with Crippen LogP contribution in [0.4, 0.5) is 0 Å². The Labute approximate surface area is 152 Å². The van der Waals surface area contributed by atoms with E-state index in [0.717, 1.165) is 30.6 Å². The lowest BCUT2D eigenvalue weighted by molar-refractivity contribution is -0.137. The van der Waals surface area contributed by atoms with Crippen LogP contribution in [-0.2, 0) is 17.8 Å². The first-order valence-electron chi connectivity index (χ1n) is 9.04. The maximum atomic E-state index is 13.3. The second-order valence-electron chi connectivity index (χ2n) is 6.99. The van der Waals surface area contributed by atoms with E-state index in [2.05, 4.69) is 5.32 Å². The third kappa shape index (κ3) is 3.01. The molecule has 0 radical (unpaired) electrons. The average Bonchev–Trinajstić information content (AvgIpc) is 3.39. The Kier molecular flexibility index (Phi) is 4.51. The summed E-state index contributed by atoms with van der Waals surface area (Å²) in [6, 6.07) is 11.0. The maximum absolute atomic E-state index is 13.3. The SMILES string of the molecule is CN(C(=O)C1Cc2ccccc2CN1C(=O)c1ccco1)C1CCNC1. The van der Waals surface area contributed by atoms with Gasteiger partial charge in [0.2, 0.25) is 5.91 Å². The van der Waals surface area contributed by atoms with Gasteiger partial charge in [-0.2, -0.15) is 0 Å². The van der Waals surface area contributed by atoms with Crippen molar-refractivity contribution in [2.45, 2.75) is 31.5 Å². The van der Waals surface area contributed by atoms with Gasteiger partial charge in [0, 0.05) is 32.6 Å². The van der Waals surface area contributed by atoms with Crippen LogP contribution in [0.15, 0.2) is 47.1 Å². The average molecular weight is 353 g/mol. The number of rotatable bonds is 3. The first-order chi connectivity index (χ1) is 12.6. The van der Waals surface area contributed by atoms with Crippen molar-refractivity contribution in [1.82, 2.24) is 15.1 Å². The molecule has 6 heteroatoms. The first-order valence-corrected chi connectivity index (χ1v) is 9.04. The van der Waals surface area contributed by atoms with E-state index in [4.69, 9.17) is 4.42 Å². The fourth-order valence-corrected chi connectivity index (χ4v) is 3.88. The number of amides is 2. The second-order valence-corrected chi connectivity index (χ2v) is 6.99. The van der Waals surface area contributed by atoms with Crippen molar-refractivity contribution < 1.29 is 14.0 Å². The molecule has 26 heavy (non-hydrogen) atoms. The lowest BCUT2D eigenvalue weighted by Crippen LogP contribution is -2.55. The van der Waals surface area contributed by atoms with Crippen LogP contribution in [0.3, 0.4) is 0 Å². The number of hydrogen-bond donors (Lipinski definition) is 1. The van der Waals surface area contributed by atoms with Crippen molar-refractivity contribution in [1.29, 1.82) is 0 Å². The van der Waals surface area contributed by atoms with Crippen molar-refractivity contribution in [3.8, 4) is 0 Å². The molecule has 2 aromatic rings. The molecule has 2 aliphatic heterocycles. The zero-order chi connectivity index (χ0) is 18.1. The summed E-state index contributed by atoms with van der Waals surface area (Å²) in [5, 5.41) is 3.29. The summed E-state index contributed by atoms with van der Waals surface area (Å²) in [4.78, 5) is 29.7. The molecular weight excluding hydrogens is 330 g/mol. The predicted molar refractivity (Wildman–Crippen MR) is 96.6 cm³/mol. The Bertz CT molecular complexity index is 796. The van der Waals surface area contributed by atoms with Crippen LogP contribution in [0, 0.1) is 0 Å². The molecule has 4 rings (SSSR count). The molecule has 0 aliphatic carbocycles. The van der Waals surface area contributed by atoms with Gasteiger partial charge in [0.05, 0.1) is 6.26 Å². The van der Waals surface area contributed by atoms with Crippen molar-refractivity contribution in [3.05, 3.63) is 59.5 Å². The number of fused-ring (bicyclic) bond motifs is 1. The van der Waals surface area contributed by atoms with Crippen LogP contribution >= 0.6 is 0 Å². The Morgan fingerprint density at radius 1 is 1.19 bits per heavy atom. The number of carbonyl (C=O) groups is 2. The molecule has 1 aromatic carbocycles. The minimum absolute atomic E-state index is 0.00638. The summed E-state index contributed by atoms with van der Waals surface area (Å²) < 4.78 is 5.30. The molecule has 1 saturated heterocycles. The third-order valence-electron chi connectivity index (χ3n) is 5.46. The van der Waals surface area contributed by atoms with Crippen molar-refractivity contribution in [2.75, 3.05) is 20.1 Å². The standard InChI is InChI=1S/C20H23N3O3/c1-22(16-8-9-21-12-16)19(24)17-11-14-5-2-3-6-15(14)13-23(17)20(25)18-7-4-10-26-18/h2-7,10,16-17,21H,8-9,11-13H2,1H3. The largest absolute Gasteiger partial charge is 0.459 e. The summed E-state index contributed by atoms with van der Waals surface area (Å²) in [7, 11) is 1.84. The van der Waals surface area contributed by atoms with E-state index < -0.39 is 6.04 Å². The molecule has 0 bridgehead atoms. The molecule has 0 spiro atoms. The summed E-state index contributed by atoms with van der Waals surface area (Å²) in [6.45, 7) is 2.14. The predicted octanol–water partition coefficient (Wildman–Crippen LogP) is 1.67. The minimum atomic E-state index is -0.506. The van der Waals surface area contributed by atoms with Gasteiger partial charge in [-0.25, -0.2) is 0 Å². The molecular formula is C20H23N3O3. The molecule has 1 N–H and O–H groups in total. The molecule has 1 aromatic heterocycles. The van der Waals surface area contributed by atoms with Gasteiger partial charge in [-0.05, 0) is 36.2 Å². The van der Waals surface area contributed by atoms with E-state index in [1.165, 1.54) is 6.26 Å². The smallest absolute Gasteiger partial charge is 0.290 e. The van der Waals surface area contributed by atoms with E-state index >= 15 is 0 Å². The number of benzene rings is 1. The zero-order valence-electron chi connectivity index (χ0n) is 14.9. The monoisotopic (exact) mass is 353 g/mol. The van der Waals surface area contributed by atoms with Crippen LogP contribution in [0.2, 0.25) is 0 Å². The number of likely N-dealkylation sites (N-methyl/N-ethyl adjacent to an activating group) is 1. The number of furan rings is 1. The van der Waals surface area contributed by atoms with Gasteiger partial charge in [-0.3, -0.25) is 9.59 Å².